The van der Waals surface area contributed by atoms with E-state index in [1.165, 1.54) is 17.3 Å². The van der Waals surface area contributed by atoms with Gasteiger partial charge in [-0.2, -0.15) is 0 Å². The molecule has 1 unspecified atom stereocenters. The number of nitrogens with zero attached hydrogens (tertiary/aromatic N) is 4. The van der Waals surface area contributed by atoms with Crippen molar-refractivity contribution in [1.82, 2.24) is 19.9 Å². The van der Waals surface area contributed by atoms with Crippen molar-refractivity contribution in [1.29, 1.82) is 0 Å². The van der Waals surface area contributed by atoms with Crippen LogP contribution in [-0.4, -0.2) is 43.6 Å². The Hall–Kier alpha value is -4.63. The number of halogens is 1. The molecular formula is C27H21ClN6O3. The maximum absolute atomic E-state index is 13.7. The molecular weight excluding hydrogens is 492 g/mol. The smallest absolute Gasteiger partial charge is 0.258 e. The average molecular weight is 513 g/mol. The van der Waals surface area contributed by atoms with E-state index in [9.17, 15) is 14.4 Å². The molecule has 0 saturated heterocycles. The minimum Gasteiger partial charge on any atom is -0.323 e. The van der Waals surface area contributed by atoms with Crippen LogP contribution in [-0.2, 0) is 17.8 Å². The number of hydrogen-bond donors (Lipinski definition) is 2. The van der Waals surface area contributed by atoms with Gasteiger partial charge < -0.3 is 10.2 Å². The number of hydrogen-bond acceptors (Lipinski definition) is 6. The number of carbonyl (C=O) groups is 3. The Morgan fingerprint density at radius 2 is 1.76 bits per heavy atom. The molecule has 5 rings (SSSR count). The van der Waals surface area contributed by atoms with Crippen LogP contribution in [0.2, 0.25) is 5.02 Å². The van der Waals surface area contributed by atoms with Crippen molar-refractivity contribution in [3.05, 3.63) is 113 Å². The van der Waals surface area contributed by atoms with Crippen molar-refractivity contribution in [2.75, 3.05) is 10.6 Å². The molecule has 0 saturated carbocycles. The van der Waals surface area contributed by atoms with E-state index in [1.807, 2.05) is 6.07 Å². The number of aromatic nitrogens is 3. The first-order valence-electron chi connectivity index (χ1n) is 11.5. The van der Waals surface area contributed by atoms with Gasteiger partial charge in [0, 0.05) is 48.3 Å². The van der Waals surface area contributed by atoms with Gasteiger partial charge in [-0.3, -0.25) is 24.7 Å². The van der Waals surface area contributed by atoms with Gasteiger partial charge in [0.2, 0.25) is 11.9 Å². The lowest BCUT2D eigenvalue weighted by Gasteiger charge is -2.29. The quantitative estimate of drug-likeness (QED) is 0.403. The fourth-order valence-electron chi connectivity index (χ4n) is 4.08. The molecule has 2 aromatic carbocycles. The summed E-state index contributed by atoms with van der Waals surface area (Å²) in [6.07, 6.45) is 6.68. The third-order valence-electron chi connectivity index (χ3n) is 5.92. The fraction of sp³-hybridized carbons (Fsp3) is 0.111. The monoisotopic (exact) mass is 512 g/mol. The second-order valence-electron chi connectivity index (χ2n) is 8.42. The lowest BCUT2D eigenvalue weighted by Crippen LogP contribution is -2.46. The van der Waals surface area contributed by atoms with E-state index in [-0.39, 0.29) is 36.6 Å². The highest BCUT2D eigenvalue weighted by Crippen LogP contribution is 2.28. The fourth-order valence-corrected chi connectivity index (χ4v) is 4.25. The third kappa shape index (κ3) is 5.46. The van der Waals surface area contributed by atoms with Crippen LogP contribution in [0.15, 0.2) is 85.5 Å². The van der Waals surface area contributed by atoms with Crippen molar-refractivity contribution in [3.8, 4) is 0 Å². The Balaban J connectivity index is 1.42. The molecule has 184 valence electrons. The topological polar surface area (TPSA) is 117 Å². The van der Waals surface area contributed by atoms with Crippen molar-refractivity contribution < 1.29 is 14.4 Å². The molecule has 0 spiro atoms. The van der Waals surface area contributed by atoms with Crippen LogP contribution in [0.3, 0.4) is 0 Å². The van der Waals surface area contributed by atoms with E-state index in [1.54, 1.807) is 67.0 Å². The number of pyridine rings is 1. The van der Waals surface area contributed by atoms with Crippen LogP contribution in [0, 0.1) is 0 Å². The Bertz CT molecular complexity index is 1450. The predicted octanol–water partition coefficient (Wildman–Crippen LogP) is 3.98. The summed E-state index contributed by atoms with van der Waals surface area (Å²) in [5.41, 5.74) is 2.70. The Labute approximate surface area is 217 Å². The normalized spacial score (nSPS) is 14.9. The molecule has 1 aliphatic rings. The molecule has 0 aliphatic carbocycles. The number of carbonyl (C=O) groups excluding carboxylic acids is 3. The molecule has 0 radical (unpaired) electrons. The summed E-state index contributed by atoms with van der Waals surface area (Å²) >= 11 is 6.12. The third-order valence-corrected chi connectivity index (χ3v) is 6.16. The molecule has 2 aromatic heterocycles. The predicted molar refractivity (Wildman–Crippen MR) is 138 cm³/mol. The van der Waals surface area contributed by atoms with Crippen LogP contribution in [0.5, 0.6) is 0 Å². The molecule has 4 aromatic rings. The van der Waals surface area contributed by atoms with Gasteiger partial charge in [-0.15, -0.1) is 0 Å². The van der Waals surface area contributed by atoms with E-state index in [4.69, 9.17) is 11.6 Å². The number of nitrogens with one attached hydrogen (secondary N) is 2. The van der Waals surface area contributed by atoms with E-state index in [0.717, 1.165) is 11.1 Å². The van der Waals surface area contributed by atoms with Gasteiger partial charge in [0.05, 0.1) is 11.3 Å². The van der Waals surface area contributed by atoms with Crippen LogP contribution < -0.4 is 10.6 Å². The first-order valence-corrected chi connectivity index (χ1v) is 11.8. The SMILES string of the molecule is O=C(Nc1ncccn1)c1ccc(CN2C(=O)c3ccc(Cl)cc3NC(=O)C2Cc2cccnc2)cc1. The van der Waals surface area contributed by atoms with Crippen LogP contribution in [0.25, 0.3) is 0 Å². The minimum atomic E-state index is -0.791. The van der Waals surface area contributed by atoms with Gasteiger partial charge in [-0.05, 0) is 53.6 Å². The van der Waals surface area contributed by atoms with Crippen LogP contribution in [0.1, 0.15) is 31.8 Å². The lowest BCUT2D eigenvalue weighted by atomic mass is 10.0. The second kappa shape index (κ2) is 10.5. The Morgan fingerprint density at radius 1 is 0.973 bits per heavy atom. The summed E-state index contributed by atoms with van der Waals surface area (Å²) in [6, 6.07) is 16.1. The summed E-state index contributed by atoms with van der Waals surface area (Å²) in [5, 5.41) is 5.91. The van der Waals surface area contributed by atoms with Crippen LogP contribution in [0.4, 0.5) is 11.6 Å². The Morgan fingerprint density at radius 3 is 2.49 bits per heavy atom. The van der Waals surface area contributed by atoms with Crippen molar-refractivity contribution >= 4 is 41.0 Å². The highest BCUT2D eigenvalue weighted by molar-refractivity contribution is 6.31. The summed E-state index contributed by atoms with van der Waals surface area (Å²) in [6.45, 7) is 0.156. The maximum atomic E-state index is 13.7. The zero-order valence-corrected chi connectivity index (χ0v) is 20.2. The molecule has 2 N–H and O–H groups in total. The van der Waals surface area contributed by atoms with Gasteiger partial charge in [0.25, 0.3) is 11.8 Å². The highest BCUT2D eigenvalue weighted by Gasteiger charge is 2.35. The summed E-state index contributed by atoms with van der Waals surface area (Å²) in [5.74, 6) is -0.781. The summed E-state index contributed by atoms with van der Waals surface area (Å²) < 4.78 is 0. The standard InChI is InChI=1S/C27H21ClN6O3/c28-20-8-9-21-22(14-20)32-25(36)23(13-18-3-1-10-29-15-18)34(26(21)37)16-17-4-6-19(7-5-17)24(35)33-27-30-11-2-12-31-27/h1-12,14-15,23H,13,16H2,(H,32,36)(H,30,31,33,35). The van der Waals surface area contributed by atoms with Crippen molar-refractivity contribution in [3.63, 3.8) is 0 Å². The number of rotatable bonds is 6. The zero-order chi connectivity index (χ0) is 25.8. The number of benzene rings is 2. The molecule has 1 atom stereocenters. The maximum Gasteiger partial charge on any atom is 0.258 e. The van der Waals surface area contributed by atoms with Crippen molar-refractivity contribution in [2.45, 2.75) is 19.0 Å². The largest absolute Gasteiger partial charge is 0.323 e. The molecule has 9 nitrogen and oxygen atoms in total. The molecule has 0 bridgehead atoms. The second-order valence-corrected chi connectivity index (χ2v) is 8.85. The first-order chi connectivity index (χ1) is 18.0. The minimum absolute atomic E-state index is 0.156. The number of amides is 3. The Kier molecular flexibility index (Phi) is 6.87. The van der Waals surface area contributed by atoms with Crippen LogP contribution >= 0.6 is 11.6 Å². The molecule has 3 amide bonds. The average Bonchev–Trinajstić information content (AvgIpc) is 3.00. The lowest BCUT2D eigenvalue weighted by molar-refractivity contribution is -0.120. The van der Waals surface area contributed by atoms with E-state index >= 15 is 0 Å². The first kappa shape index (κ1) is 24.1. The molecule has 0 fully saturated rings. The molecule has 10 heteroatoms. The molecule has 1 aliphatic heterocycles. The summed E-state index contributed by atoms with van der Waals surface area (Å²) in [4.78, 5) is 53.2. The van der Waals surface area contributed by atoms with E-state index in [2.05, 4.69) is 25.6 Å². The van der Waals surface area contributed by atoms with Gasteiger partial charge in [-0.1, -0.05) is 29.8 Å². The zero-order valence-electron chi connectivity index (χ0n) is 19.5. The molecule has 37 heavy (non-hydrogen) atoms. The van der Waals surface area contributed by atoms with Gasteiger partial charge in [-0.25, -0.2) is 9.97 Å². The summed E-state index contributed by atoms with van der Waals surface area (Å²) in [7, 11) is 0. The number of anilines is 2. The molecule has 3 heterocycles. The highest BCUT2D eigenvalue weighted by atomic mass is 35.5. The van der Waals surface area contributed by atoms with Gasteiger partial charge in [0.1, 0.15) is 6.04 Å². The van der Waals surface area contributed by atoms with Gasteiger partial charge in [0.15, 0.2) is 0 Å². The van der Waals surface area contributed by atoms with Gasteiger partial charge >= 0.3 is 0 Å². The number of fused-ring (bicyclic) bond motifs is 1. The van der Waals surface area contributed by atoms with E-state index in [0.29, 0.717) is 21.8 Å². The van der Waals surface area contributed by atoms with E-state index < -0.39 is 6.04 Å². The van der Waals surface area contributed by atoms with Crippen molar-refractivity contribution in [2.24, 2.45) is 0 Å².